The fourth-order valence-corrected chi connectivity index (χ4v) is 2.37. The lowest BCUT2D eigenvalue weighted by Crippen LogP contribution is -2.26. The quantitative estimate of drug-likeness (QED) is 0.761. The Morgan fingerprint density at radius 3 is 2.43 bits per heavy atom. The van der Waals surface area contributed by atoms with Crippen molar-refractivity contribution in [1.82, 2.24) is 5.32 Å². The van der Waals surface area contributed by atoms with Gasteiger partial charge in [0, 0.05) is 6.54 Å². The molecule has 4 rings (SSSR count). The number of hydrogen-bond donors (Lipinski definition) is 1. The lowest BCUT2D eigenvalue weighted by Gasteiger charge is -2.11. The highest BCUT2D eigenvalue weighted by atomic mass is 16.5. The van der Waals surface area contributed by atoms with Crippen molar-refractivity contribution in [2.75, 3.05) is 19.8 Å². The van der Waals surface area contributed by atoms with Gasteiger partial charge in [-0.05, 0) is 48.4 Å². The van der Waals surface area contributed by atoms with E-state index in [0.717, 1.165) is 17.7 Å². The van der Waals surface area contributed by atoms with Crippen LogP contribution in [-0.4, -0.2) is 25.7 Å². The van der Waals surface area contributed by atoms with E-state index in [1.807, 2.05) is 48.6 Å². The van der Waals surface area contributed by atoms with Crippen LogP contribution in [0.3, 0.4) is 0 Å². The third-order valence-electron chi connectivity index (χ3n) is 3.60. The molecule has 2 heterocycles. The summed E-state index contributed by atoms with van der Waals surface area (Å²) in [4.78, 5) is 12.3. The predicted octanol–water partition coefficient (Wildman–Crippen LogP) is 2.99. The van der Waals surface area contributed by atoms with Crippen LogP contribution in [-0.2, 0) is 6.42 Å². The second-order valence-electron chi connectivity index (χ2n) is 5.24. The Hall–Kier alpha value is -2.75. The van der Waals surface area contributed by atoms with Crippen LogP contribution in [0.2, 0.25) is 0 Å². The number of ether oxygens (including phenoxy) is 2. The Balaban J connectivity index is 1.79. The van der Waals surface area contributed by atoms with Crippen molar-refractivity contribution in [3.8, 4) is 11.5 Å². The number of para-hydroxylation sites is 1. The Bertz CT molecular complexity index is 692. The molecule has 0 fully saturated rings. The van der Waals surface area contributed by atoms with Crippen molar-refractivity contribution in [1.29, 1.82) is 0 Å². The zero-order chi connectivity index (χ0) is 15.9. The first kappa shape index (κ1) is 15.2. The van der Waals surface area contributed by atoms with Crippen molar-refractivity contribution >= 4 is 5.91 Å². The van der Waals surface area contributed by atoms with E-state index in [-0.39, 0.29) is 5.91 Å². The Morgan fingerprint density at radius 2 is 1.61 bits per heavy atom. The van der Waals surface area contributed by atoms with Crippen LogP contribution in [0, 0.1) is 0 Å². The highest BCUT2D eigenvalue weighted by molar-refractivity contribution is 5.96. The Labute approximate surface area is 135 Å². The lowest BCUT2D eigenvalue weighted by atomic mass is 10.1. The van der Waals surface area contributed by atoms with Gasteiger partial charge in [-0.2, -0.15) is 0 Å². The van der Waals surface area contributed by atoms with E-state index >= 15 is 0 Å². The van der Waals surface area contributed by atoms with Gasteiger partial charge in [-0.15, -0.1) is 0 Å². The zero-order valence-corrected chi connectivity index (χ0v) is 12.8. The second-order valence-corrected chi connectivity index (χ2v) is 5.24. The molecule has 0 unspecified atom stereocenters. The maximum Gasteiger partial charge on any atom is 0.255 e. The van der Waals surface area contributed by atoms with Gasteiger partial charge >= 0.3 is 0 Å². The maximum absolute atomic E-state index is 12.3. The number of carbonyl (C=O) groups is 1. The van der Waals surface area contributed by atoms with Crippen molar-refractivity contribution in [2.45, 2.75) is 6.42 Å². The van der Waals surface area contributed by atoms with E-state index in [4.69, 9.17) is 9.47 Å². The molecule has 2 aliphatic heterocycles. The van der Waals surface area contributed by atoms with E-state index in [9.17, 15) is 4.79 Å². The molecule has 0 aromatic heterocycles. The monoisotopic (exact) mass is 309 g/mol. The molecule has 118 valence electrons. The molecule has 4 nitrogen and oxygen atoms in total. The molecular formula is C19H19NO3. The molecular weight excluding hydrogens is 290 g/mol. The van der Waals surface area contributed by atoms with E-state index < -0.39 is 0 Å². The number of carbonyl (C=O) groups excluding carboxylic acids is 1. The SMILES string of the molecule is O=C1NCCc2ccc(cc2)OC/C=C/COc2ccccc21. The van der Waals surface area contributed by atoms with Crippen molar-refractivity contribution in [3.05, 3.63) is 71.8 Å². The number of fused-ring (bicyclic) bond motifs is 9. The molecule has 0 aliphatic carbocycles. The first-order valence-corrected chi connectivity index (χ1v) is 7.70. The zero-order valence-electron chi connectivity index (χ0n) is 12.8. The maximum atomic E-state index is 12.3. The minimum absolute atomic E-state index is 0.114. The summed E-state index contributed by atoms with van der Waals surface area (Å²) in [5.41, 5.74) is 1.71. The lowest BCUT2D eigenvalue weighted by molar-refractivity contribution is 0.0950. The van der Waals surface area contributed by atoms with Crippen LogP contribution < -0.4 is 14.8 Å². The average molecular weight is 309 g/mol. The number of amides is 1. The van der Waals surface area contributed by atoms with E-state index in [1.165, 1.54) is 0 Å². The van der Waals surface area contributed by atoms with Crippen molar-refractivity contribution in [3.63, 3.8) is 0 Å². The van der Waals surface area contributed by atoms with E-state index in [1.54, 1.807) is 12.1 Å². The summed E-state index contributed by atoms with van der Waals surface area (Å²) in [6, 6.07) is 15.2. The number of benzene rings is 2. The summed E-state index contributed by atoms with van der Waals surface area (Å²) in [5.74, 6) is 1.31. The summed E-state index contributed by atoms with van der Waals surface area (Å²) >= 11 is 0. The van der Waals surface area contributed by atoms with Crippen LogP contribution in [0.5, 0.6) is 11.5 Å². The van der Waals surface area contributed by atoms with E-state index in [2.05, 4.69) is 5.32 Å². The average Bonchev–Trinajstić information content (AvgIpc) is 2.58. The van der Waals surface area contributed by atoms with Crippen LogP contribution in [0.4, 0.5) is 0 Å². The number of hydrogen-bond acceptors (Lipinski definition) is 3. The first-order chi connectivity index (χ1) is 11.3. The van der Waals surface area contributed by atoms with Crippen LogP contribution in [0.1, 0.15) is 15.9 Å². The fraction of sp³-hybridized carbons (Fsp3) is 0.211. The van der Waals surface area contributed by atoms with Crippen LogP contribution >= 0.6 is 0 Å². The smallest absolute Gasteiger partial charge is 0.255 e. The topological polar surface area (TPSA) is 47.6 Å². The number of rotatable bonds is 0. The molecule has 0 saturated heterocycles. The standard InChI is InChI=1S/C19H19NO3/c21-19-17-5-1-2-6-18(17)23-14-4-3-13-22-16-9-7-15(8-10-16)11-12-20-19/h1-10H,11-14H2,(H,20,21)/b4-3+. The molecule has 0 spiro atoms. The fourth-order valence-electron chi connectivity index (χ4n) is 2.37. The van der Waals surface area contributed by atoms with Crippen molar-refractivity contribution < 1.29 is 14.3 Å². The molecule has 0 atom stereocenters. The van der Waals surface area contributed by atoms with Gasteiger partial charge in [-0.1, -0.05) is 24.3 Å². The first-order valence-electron chi connectivity index (χ1n) is 7.70. The summed E-state index contributed by atoms with van der Waals surface area (Å²) in [6.45, 7) is 1.46. The van der Waals surface area contributed by atoms with Gasteiger partial charge in [0.2, 0.25) is 0 Å². The van der Waals surface area contributed by atoms with Gasteiger partial charge in [0.25, 0.3) is 5.91 Å². The minimum Gasteiger partial charge on any atom is -0.490 e. The minimum atomic E-state index is -0.114. The summed E-state index contributed by atoms with van der Waals surface area (Å²) in [5, 5.41) is 2.94. The number of nitrogens with one attached hydrogen (secondary N) is 1. The Morgan fingerprint density at radius 1 is 0.870 bits per heavy atom. The van der Waals surface area contributed by atoms with Crippen molar-refractivity contribution in [2.24, 2.45) is 0 Å². The molecule has 0 saturated carbocycles. The third kappa shape index (κ3) is 4.13. The largest absolute Gasteiger partial charge is 0.490 e. The normalized spacial score (nSPS) is 16.6. The van der Waals surface area contributed by atoms with Gasteiger partial charge < -0.3 is 14.8 Å². The molecule has 1 amide bonds. The van der Waals surface area contributed by atoms with E-state index in [0.29, 0.717) is 31.1 Å². The third-order valence-corrected chi connectivity index (χ3v) is 3.60. The summed E-state index contributed by atoms with van der Waals surface area (Å²) in [6.07, 6.45) is 4.56. The summed E-state index contributed by atoms with van der Waals surface area (Å²) in [7, 11) is 0. The molecule has 4 heteroatoms. The van der Waals surface area contributed by atoms with Crippen LogP contribution in [0.15, 0.2) is 60.7 Å². The van der Waals surface area contributed by atoms with Gasteiger partial charge in [0.05, 0.1) is 5.56 Å². The molecule has 2 aliphatic rings. The molecule has 0 radical (unpaired) electrons. The molecule has 1 N–H and O–H groups in total. The van der Waals surface area contributed by atoms with Gasteiger partial charge in [-0.25, -0.2) is 0 Å². The Kier molecular flexibility index (Phi) is 4.94. The van der Waals surface area contributed by atoms with Gasteiger partial charge in [0.15, 0.2) is 0 Å². The molecule has 23 heavy (non-hydrogen) atoms. The van der Waals surface area contributed by atoms with Crippen LogP contribution in [0.25, 0.3) is 0 Å². The second kappa shape index (κ2) is 7.49. The molecule has 2 bridgehead atoms. The summed E-state index contributed by atoms with van der Waals surface area (Å²) < 4.78 is 11.3. The molecule has 2 aromatic rings. The highest BCUT2D eigenvalue weighted by Gasteiger charge is 2.11. The molecule has 2 aromatic carbocycles. The highest BCUT2D eigenvalue weighted by Crippen LogP contribution is 2.18. The predicted molar refractivity (Wildman–Crippen MR) is 89.1 cm³/mol. The van der Waals surface area contributed by atoms with Gasteiger partial charge in [0.1, 0.15) is 24.7 Å². The van der Waals surface area contributed by atoms with Gasteiger partial charge in [-0.3, -0.25) is 4.79 Å².